The van der Waals surface area contributed by atoms with E-state index >= 15 is 0 Å². The number of hydrogen-bond acceptors (Lipinski definition) is 6. The largest absolute Gasteiger partial charge is 0.330 e. The first-order chi connectivity index (χ1) is 13.8. The van der Waals surface area contributed by atoms with E-state index in [0.29, 0.717) is 24.2 Å². The Labute approximate surface area is 169 Å². The fraction of sp³-hybridized carbons (Fsp3) is 0.524. The molecule has 2 saturated heterocycles. The molecular formula is C21H26N4O4. The van der Waals surface area contributed by atoms with Crippen LogP contribution < -0.4 is 11.1 Å². The smallest absolute Gasteiger partial charge is 0.262 e. The summed E-state index contributed by atoms with van der Waals surface area (Å²) in [6, 6.07) is 4.35. The minimum atomic E-state index is -0.937. The average Bonchev–Trinajstić information content (AvgIpc) is 3.15. The van der Waals surface area contributed by atoms with Crippen LogP contribution in [0.5, 0.6) is 0 Å². The van der Waals surface area contributed by atoms with Crippen molar-refractivity contribution in [2.24, 2.45) is 11.1 Å². The molecule has 0 aliphatic carbocycles. The molecule has 3 aliphatic rings. The molecule has 1 aromatic rings. The SMILES string of the molecule is CC1(CCN)CCN(Cc2cccc3c2C(=O)N(C2CCC(=O)NC2=O)C3=O)C1. The van der Waals surface area contributed by atoms with E-state index in [2.05, 4.69) is 17.1 Å². The van der Waals surface area contributed by atoms with Gasteiger partial charge in [-0.25, -0.2) is 0 Å². The number of piperidine rings is 1. The molecule has 4 amide bonds. The third kappa shape index (κ3) is 3.47. The van der Waals surface area contributed by atoms with Gasteiger partial charge < -0.3 is 5.73 Å². The zero-order valence-corrected chi connectivity index (χ0v) is 16.6. The fourth-order valence-corrected chi connectivity index (χ4v) is 4.77. The van der Waals surface area contributed by atoms with E-state index in [-0.39, 0.29) is 24.2 Å². The zero-order chi connectivity index (χ0) is 20.8. The normalized spacial score (nSPS) is 27.5. The number of benzene rings is 1. The average molecular weight is 398 g/mol. The van der Waals surface area contributed by atoms with Gasteiger partial charge in [-0.3, -0.25) is 34.3 Å². The summed E-state index contributed by atoms with van der Waals surface area (Å²) >= 11 is 0. The van der Waals surface area contributed by atoms with Crippen molar-refractivity contribution in [2.75, 3.05) is 19.6 Å². The van der Waals surface area contributed by atoms with Crippen molar-refractivity contribution in [1.82, 2.24) is 15.1 Å². The Balaban J connectivity index is 1.57. The first kappa shape index (κ1) is 19.7. The first-order valence-electron chi connectivity index (χ1n) is 10.1. The lowest BCUT2D eigenvalue weighted by Gasteiger charge is -2.28. The van der Waals surface area contributed by atoms with Crippen LogP contribution in [-0.2, 0) is 16.1 Å². The van der Waals surface area contributed by atoms with Crippen LogP contribution >= 0.6 is 0 Å². The van der Waals surface area contributed by atoms with Gasteiger partial charge in [-0.1, -0.05) is 19.1 Å². The Morgan fingerprint density at radius 3 is 2.72 bits per heavy atom. The number of imide groups is 2. The highest BCUT2D eigenvalue weighted by molar-refractivity contribution is 6.24. The standard InChI is InChI=1S/C21H26N4O4/c1-21(7-9-22)8-10-24(12-21)11-13-3-2-4-14-17(13)20(29)25(19(14)28)15-5-6-16(26)23-18(15)27/h2-4,15H,5-12,22H2,1H3,(H,23,26,27). The van der Waals surface area contributed by atoms with Crippen LogP contribution in [0.2, 0.25) is 0 Å². The second-order valence-electron chi connectivity index (χ2n) is 8.60. The molecule has 8 heteroatoms. The number of amides is 4. The number of nitrogens with one attached hydrogen (secondary N) is 1. The molecular weight excluding hydrogens is 372 g/mol. The Bertz CT molecular complexity index is 899. The molecule has 2 fully saturated rings. The van der Waals surface area contributed by atoms with E-state index in [4.69, 9.17) is 5.73 Å². The van der Waals surface area contributed by atoms with Gasteiger partial charge in [0.05, 0.1) is 11.1 Å². The molecule has 0 bridgehead atoms. The number of fused-ring (bicyclic) bond motifs is 1. The van der Waals surface area contributed by atoms with Crippen molar-refractivity contribution in [2.45, 2.75) is 45.2 Å². The van der Waals surface area contributed by atoms with Crippen molar-refractivity contribution >= 4 is 23.6 Å². The van der Waals surface area contributed by atoms with Crippen LogP contribution in [0.25, 0.3) is 0 Å². The summed E-state index contributed by atoms with van der Waals surface area (Å²) in [7, 11) is 0. The Kier molecular flexibility index (Phi) is 5.00. The molecule has 0 saturated carbocycles. The second kappa shape index (κ2) is 7.35. The van der Waals surface area contributed by atoms with Gasteiger partial charge in [0.15, 0.2) is 0 Å². The maximum absolute atomic E-state index is 13.2. The molecule has 154 valence electrons. The van der Waals surface area contributed by atoms with E-state index in [1.807, 2.05) is 6.07 Å². The van der Waals surface area contributed by atoms with Gasteiger partial charge >= 0.3 is 0 Å². The predicted molar refractivity (Wildman–Crippen MR) is 105 cm³/mol. The molecule has 29 heavy (non-hydrogen) atoms. The van der Waals surface area contributed by atoms with Crippen molar-refractivity contribution in [3.63, 3.8) is 0 Å². The van der Waals surface area contributed by atoms with Crippen LogP contribution in [-0.4, -0.2) is 59.1 Å². The lowest BCUT2D eigenvalue weighted by Crippen LogP contribution is -2.54. The number of nitrogens with zero attached hydrogens (tertiary/aromatic N) is 2. The molecule has 4 rings (SSSR count). The fourth-order valence-electron chi connectivity index (χ4n) is 4.77. The van der Waals surface area contributed by atoms with Crippen LogP contribution in [0.15, 0.2) is 18.2 Å². The van der Waals surface area contributed by atoms with E-state index in [1.54, 1.807) is 12.1 Å². The van der Waals surface area contributed by atoms with Gasteiger partial charge in [-0.2, -0.15) is 0 Å². The number of nitrogens with two attached hydrogens (primary N) is 1. The van der Waals surface area contributed by atoms with E-state index in [9.17, 15) is 19.2 Å². The van der Waals surface area contributed by atoms with E-state index < -0.39 is 23.8 Å². The lowest BCUT2D eigenvalue weighted by atomic mass is 9.86. The van der Waals surface area contributed by atoms with Gasteiger partial charge in [0.25, 0.3) is 11.8 Å². The Morgan fingerprint density at radius 1 is 1.21 bits per heavy atom. The third-order valence-corrected chi connectivity index (χ3v) is 6.33. The molecule has 1 aromatic carbocycles. The van der Waals surface area contributed by atoms with Crippen LogP contribution in [0.3, 0.4) is 0 Å². The summed E-state index contributed by atoms with van der Waals surface area (Å²) in [5, 5.41) is 2.23. The van der Waals surface area contributed by atoms with Crippen LogP contribution in [0.4, 0.5) is 0 Å². The highest BCUT2D eigenvalue weighted by atomic mass is 16.2. The summed E-state index contributed by atoms with van der Waals surface area (Å²) in [4.78, 5) is 53.1. The second-order valence-corrected chi connectivity index (χ2v) is 8.60. The molecule has 2 unspecified atom stereocenters. The first-order valence-corrected chi connectivity index (χ1v) is 10.1. The van der Waals surface area contributed by atoms with Gasteiger partial charge in [-0.05, 0) is 49.4 Å². The highest BCUT2D eigenvalue weighted by Gasteiger charge is 2.45. The minimum absolute atomic E-state index is 0.115. The summed E-state index contributed by atoms with van der Waals surface area (Å²) in [5.41, 5.74) is 7.43. The van der Waals surface area contributed by atoms with Gasteiger partial charge in [0.1, 0.15) is 6.04 Å². The molecule has 3 N–H and O–H groups in total. The van der Waals surface area contributed by atoms with Crippen LogP contribution in [0.1, 0.15) is 58.9 Å². The van der Waals surface area contributed by atoms with Gasteiger partial charge in [-0.15, -0.1) is 0 Å². The van der Waals surface area contributed by atoms with Gasteiger partial charge in [0, 0.05) is 19.5 Å². The molecule has 3 aliphatic heterocycles. The quantitative estimate of drug-likeness (QED) is 0.704. The number of likely N-dealkylation sites (tertiary alicyclic amines) is 1. The Morgan fingerprint density at radius 2 is 2.00 bits per heavy atom. The summed E-state index contributed by atoms with van der Waals surface area (Å²) in [6.07, 6.45) is 2.28. The van der Waals surface area contributed by atoms with Crippen molar-refractivity contribution < 1.29 is 19.2 Å². The minimum Gasteiger partial charge on any atom is -0.330 e. The summed E-state index contributed by atoms with van der Waals surface area (Å²) in [5.74, 6) is -1.87. The number of hydrogen-bond donors (Lipinski definition) is 2. The highest BCUT2D eigenvalue weighted by Crippen LogP contribution is 2.35. The molecule has 2 atom stereocenters. The number of carbonyl (C=O) groups excluding carboxylic acids is 4. The van der Waals surface area contributed by atoms with E-state index in [0.717, 1.165) is 36.4 Å². The van der Waals surface area contributed by atoms with E-state index in [1.165, 1.54) is 0 Å². The lowest BCUT2D eigenvalue weighted by molar-refractivity contribution is -0.136. The molecule has 0 aromatic heterocycles. The van der Waals surface area contributed by atoms with Crippen molar-refractivity contribution in [1.29, 1.82) is 0 Å². The maximum atomic E-state index is 13.2. The monoisotopic (exact) mass is 398 g/mol. The molecule has 3 heterocycles. The maximum Gasteiger partial charge on any atom is 0.262 e. The van der Waals surface area contributed by atoms with Crippen molar-refractivity contribution in [3.8, 4) is 0 Å². The number of rotatable bonds is 5. The van der Waals surface area contributed by atoms with Crippen LogP contribution in [0, 0.1) is 5.41 Å². The molecule has 0 radical (unpaired) electrons. The molecule has 8 nitrogen and oxygen atoms in total. The third-order valence-electron chi connectivity index (χ3n) is 6.33. The predicted octanol–water partition coefficient (Wildman–Crippen LogP) is 0.649. The molecule has 0 spiro atoms. The number of carbonyl (C=O) groups is 4. The summed E-state index contributed by atoms with van der Waals surface area (Å²) in [6.45, 7) is 5.27. The van der Waals surface area contributed by atoms with Gasteiger partial charge in [0.2, 0.25) is 11.8 Å². The zero-order valence-electron chi connectivity index (χ0n) is 16.6. The van der Waals surface area contributed by atoms with Crippen molar-refractivity contribution in [3.05, 3.63) is 34.9 Å². The topological polar surface area (TPSA) is 113 Å². The Hall–Kier alpha value is -2.58. The summed E-state index contributed by atoms with van der Waals surface area (Å²) < 4.78 is 0.